The summed E-state index contributed by atoms with van der Waals surface area (Å²) in [5.41, 5.74) is 4.00. The number of unbranched alkanes of at least 4 members (excludes halogenated alkanes) is 2. The number of aliphatic hydroxyl groups excluding tert-OH is 2. The molecule has 1 aliphatic heterocycles. The summed E-state index contributed by atoms with van der Waals surface area (Å²) in [5, 5.41) is 35.9. The molecule has 3 aliphatic rings. The zero-order chi connectivity index (χ0) is 43.2. The van der Waals surface area contributed by atoms with Crippen molar-refractivity contribution in [3.63, 3.8) is 0 Å². The van der Waals surface area contributed by atoms with E-state index in [1.807, 2.05) is 51.1 Å². The van der Waals surface area contributed by atoms with Gasteiger partial charge in [-0.05, 0) is 131 Å². The van der Waals surface area contributed by atoms with Gasteiger partial charge in [0.05, 0.1) is 23.2 Å². The van der Waals surface area contributed by atoms with Crippen LogP contribution in [-0.2, 0) is 9.57 Å². The van der Waals surface area contributed by atoms with Gasteiger partial charge in [0.2, 0.25) is 5.79 Å². The lowest BCUT2D eigenvalue weighted by Crippen LogP contribution is -2.69. The van der Waals surface area contributed by atoms with Crippen LogP contribution in [0.1, 0.15) is 88.3 Å². The second kappa shape index (κ2) is 19.0. The molecule has 2 N–H and O–H groups in total. The largest absolute Gasteiger partial charge is 0.459 e. The zero-order valence-electron chi connectivity index (χ0n) is 35.6. The number of nitro benzene ring substituents is 1. The number of likely N-dealkylation sites (N-methyl/N-ethyl adjacent to an activating group) is 1. The zero-order valence-corrected chi connectivity index (χ0v) is 35.6. The van der Waals surface area contributed by atoms with Crippen molar-refractivity contribution in [1.82, 2.24) is 4.90 Å². The summed E-state index contributed by atoms with van der Waals surface area (Å²) in [6.45, 7) is 14.1. The molecule has 6 atom stereocenters. The summed E-state index contributed by atoms with van der Waals surface area (Å²) < 4.78 is 26.5. The standard InChI is InChI=1S/C47H59N3O10/c1-8-25-56-47-42(49(7)45(53)58-34-19-16-33(17-20-34)50(54)55)29-40(48-60-46(4,5)6)38-27-32(13-9-11-23-51)37(14-10-12-24-52)43(44(38)47)39-28-36(21-22-41(39)59-47)57-35-18-15-30(2)31(3)26-35/h8,15-22,26-28,32,37,42-44,51-52H,1,9-14,23-25,29H2,2-7H3/t32-,37+,42-,43+,44+,47+/m0/s1. The van der Waals surface area contributed by atoms with E-state index in [9.17, 15) is 25.1 Å². The molecule has 0 aromatic heterocycles. The van der Waals surface area contributed by atoms with Crippen molar-refractivity contribution in [3.8, 4) is 23.0 Å². The number of aliphatic hydroxyl groups is 2. The van der Waals surface area contributed by atoms with Gasteiger partial charge in [0.25, 0.3) is 5.69 Å². The van der Waals surface area contributed by atoms with Crippen LogP contribution >= 0.6 is 0 Å². The van der Waals surface area contributed by atoms with E-state index in [0.717, 1.165) is 47.9 Å². The number of fused-ring (bicyclic) bond motifs is 2. The Hall–Kier alpha value is -5.24. The Bertz CT molecular complexity index is 2080. The second-order valence-electron chi connectivity index (χ2n) is 17.1. The highest BCUT2D eigenvalue weighted by molar-refractivity contribution is 6.03. The van der Waals surface area contributed by atoms with E-state index in [4.69, 9.17) is 28.9 Å². The van der Waals surface area contributed by atoms with Gasteiger partial charge in [0.1, 0.15) is 34.6 Å². The summed E-state index contributed by atoms with van der Waals surface area (Å²) in [6.07, 6.45) is 7.87. The van der Waals surface area contributed by atoms with Crippen molar-refractivity contribution in [2.75, 3.05) is 26.9 Å². The van der Waals surface area contributed by atoms with E-state index in [-0.39, 0.29) is 55.4 Å². The van der Waals surface area contributed by atoms with E-state index in [1.165, 1.54) is 29.2 Å². The molecule has 13 heteroatoms. The summed E-state index contributed by atoms with van der Waals surface area (Å²) >= 11 is 0. The number of carbonyl (C=O) groups excluding carboxylic acids is 1. The van der Waals surface area contributed by atoms with Crippen LogP contribution in [0.15, 0.2) is 90.1 Å². The monoisotopic (exact) mass is 825 g/mol. The Morgan fingerprint density at radius 1 is 0.983 bits per heavy atom. The minimum Gasteiger partial charge on any atom is -0.459 e. The molecule has 0 saturated heterocycles. The highest BCUT2D eigenvalue weighted by Crippen LogP contribution is 2.62. The van der Waals surface area contributed by atoms with E-state index < -0.39 is 34.4 Å². The molecule has 6 rings (SSSR count). The number of oxime groups is 1. The number of allylic oxidation sites excluding steroid dienone is 1. The average molecular weight is 826 g/mol. The van der Waals surface area contributed by atoms with Gasteiger partial charge in [-0.15, -0.1) is 6.58 Å². The molecule has 0 bridgehead atoms. The lowest BCUT2D eigenvalue weighted by Gasteiger charge is -2.59. The maximum Gasteiger partial charge on any atom is 0.415 e. The van der Waals surface area contributed by atoms with E-state index in [0.29, 0.717) is 35.8 Å². The average Bonchev–Trinajstić information content (AvgIpc) is 3.21. The molecule has 60 heavy (non-hydrogen) atoms. The third kappa shape index (κ3) is 9.69. The first-order chi connectivity index (χ1) is 28.7. The Labute approximate surface area is 352 Å². The van der Waals surface area contributed by atoms with Crippen molar-refractivity contribution in [3.05, 3.63) is 112 Å². The normalized spacial score (nSPS) is 23.7. The minimum atomic E-state index is -1.48. The Morgan fingerprint density at radius 2 is 1.65 bits per heavy atom. The number of carbonyl (C=O) groups is 1. The quantitative estimate of drug-likeness (QED) is 0.0580. The molecule has 0 spiro atoms. The van der Waals surface area contributed by atoms with Crippen LogP contribution in [0.25, 0.3) is 0 Å². The molecule has 3 aromatic rings. The number of ether oxygens (including phenoxy) is 4. The van der Waals surface area contributed by atoms with Crippen LogP contribution in [0.5, 0.6) is 23.0 Å². The SMILES string of the molecule is C=CCO[C@@]12Oc3ccc(Oc4ccc(C)c(C)c4)cc3[C@H]3[C@H](CCCCO)[C@@H](CCCCO)C=C(C(=NOC(C)(C)C)C[C@@H]1N(C)C(=O)Oc1ccc([N+](=O)[O-])cc1)[C@H]32. The molecule has 1 saturated carbocycles. The van der Waals surface area contributed by atoms with E-state index in [2.05, 4.69) is 32.6 Å². The number of aryl methyl sites for hydroxylation is 2. The summed E-state index contributed by atoms with van der Waals surface area (Å²) in [4.78, 5) is 32.7. The number of nitro groups is 1. The summed E-state index contributed by atoms with van der Waals surface area (Å²) in [6, 6.07) is 16.4. The number of rotatable bonds is 17. The van der Waals surface area contributed by atoms with Crippen molar-refractivity contribution in [2.24, 2.45) is 22.9 Å². The fraction of sp³-hybridized carbons (Fsp3) is 0.489. The number of nitrogens with zero attached hydrogens (tertiary/aromatic N) is 3. The molecular formula is C47H59N3O10. The highest BCUT2D eigenvalue weighted by atomic mass is 16.7. The molecule has 13 nitrogen and oxygen atoms in total. The van der Waals surface area contributed by atoms with Crippen molar-refractivity contribution in [1.29, 1.82) is 0 Å². The molecular weight excluding hydrogens is 767 g/mol. The lowest BCUT2D eigenvalue weighted by atomic mass is 9.55. The first kappa shape index (κ1) is 44.3. The van der Waals surface area contributed by atoms with Crippen molar-refractivity contribution < 1.29 is 43.7 Å². The first-order valence-electron chi connectivity index (χ1n) is 20.9. The maximum atomic E-state index is 14.2. The number of amides is 1. The Balaban J connectivity index is 1.55. The first-order valence-corrected chi connectivity index (χ1v) is 20.9. The van der Waals surface area contributed by atoms with Gasteiger partial charge in [-0.1, -0.05) is 36.2 Å². The van der Waals surface area contributed by atoms with Crippen LogP contribution in [-0.4, -0.2) is 76.1 Å². The van der Waals surface area contributed by atoms with Crippen LogP contribution in [0.2, 0.25) is 0 Å². The molecule has 3 aromatic carbocycles. The molecule has 1 heterocycles. The molecule has 1 fully saturated rings. The maximum absolute atomic E-state index is 14.2. The molecule has 1 amide bonds. The molecule has 2 aliphatic carbocycles. The predicted octanol–water partition coefficient (Wildman–Crippen LogP) is 9.57. The fourth-order valence-corrected chi connectivity index (χ4v) is 8.83. The predicted molar refractivity (Wildman–Crippen MR) is 229 cm³/mol. The minimum absolute atomic E-state index is 0.0242. The van der Waals surface area contributed by atoms with E-state index >= 15 is 0 Å². The van der Waals surface area contributed by atoms with Crippen LogP contribution in [0.3, 0.4) is 0 Å². The van der Waals surface area contributed by atoms with Gasteiger partial charge in [-0.2, -0.15) is 0 Å². The number of hydrogen-bond donors (Lipinski definition) is 2. The number of benzene rings is 3. The topological polar surface area (TPSA) is 162 Å². The third-order valence-corrected chi connectivity index (χ3v) is 11.8. The van der Waals surface area contributed by atoms with Crippen LogP contribution < -0.4 is 14.2 Å². The number of hydrogen-bond acceptors (Lipinski definition) is 11. The number of non-ortho nitro benzene ring substituents is 1. The van der Waals surface area contributed by atoms with Gasteiger partial charge >= 0.3 is 6.09 Å². The summed E-state index contributed by atoms with van der Waals surface area (Å²) in [5.74, 6) is -0.0982. The Morgan fingerprint density at radius 3 is 2.30 bits per heavy atom. The third-order valence-electron chi connectivity index (χ3n) is 11.8. The van der Waals surface area contributed by atoms with Crippen LogP contribution in [0.4, 0.5) is 10.5 Å². The van der Waals surface area contributed by atoms with Gasteiger partial charge in [-0.25, -0.2) is 4.79 Å². The van der Waals surface area contributed by atoms with E-state index in [1.54, 1.807) is 13.1 Å². The van der Waals surface area contributed by atoms with Crippen LogP contribution in [0, 0.1) is 41.7 Å². The smallest absolute Gasteiger partial charge is 0.415 e. The van der Waals surface area contributed by atoms with Gasteiger partial charge in [-0.3, -0.25) is 10.1 Å². The fourth-order valence-electron chi connectivity index (χ4n) is 8.83. The van der Waals surface area contributed by atoms with Crippen molar-refractivity contribution in [2.45, 2.75) is 103 Å². The Kier molecular flexibility index (Phi) is 14.0. The second-order valence-corrected chi connectivity index (χ2v) is 17.1. The lowest BCUT2D eigenvalue weighted by molar-refractivity contribution is -0.384. The van der Waals surface area contributed by atoms with Gasteiger partial charge in [0, 0.05) is 50.3 Å². The molecule has 322 valence electrons. The van der Waals surface area contributed by atoms with Gasteiger partial charge in [0.15, 0.2) is 0 Å². The van der Waals surface area contributed by atoms with Crippen molar-refractivity contribution >= 4 is 17.5 Å². The summed E-state index contributed by atoms with van der Waals surface area (Å²) in [7, 11) is 1.63. The van der Waals surface area contributed by atoms with Gasteiger partial charge < -0.3 is 38.9 Å². The molecule has 0 radical (unpaired) electrons. The molecule has 0 unspecified atom stereocenters. The highest BCUT2D eigenvalue weighted by Gasteiger charge is 2.65.